The lowest BCUT2D eigenvalue weighted by atomic mass is 10.1. The van der Waals surface area contributed by atoms with E-state index in [4.69, 9.17) is 16.6 Å². The number of hydrogen-bond donors (Lipinski definition) is 0. The van der Waals surface area contributed by atoms with Gasteiger partial charge in [0.15, 0.2) is 0 Å². The summed E-state index contributed by atoms with van der Waals surface area (Å²) < 4.78 is 1.65. The molecule has 1 heterocycles. The summed E-state index contributed by atoms with van der Waals surface area (Å²) in [5, 5.41) is 1.000. The third kappa shape index (κ3) is 3.67. The summed E-state index contributed by atoms with van der Waals surface area (Å²) in [5.41, 5.74) is 1.01. The molecule has 0 bridgehead atoms. The first-order valence-corrected chi connectivity index (χ1v) is 9.92. The summed E-state index contributed by atoms with van der Waals surface area (Å²) in [6, 6.07) is 14.0. The van der Waals surface area contributed by atoms with Gasteiger partial charge in [-0.2, -0.15) is 0 Å². The molecular formula is C22H24ClN3O2. The largest absolute Gasteiger partial charge is 0.329 e. The smallest absolute Gasteiger partial charge is 0.261 e. The molecule has 0 aliphatic rings. The van der Waals surface area contributed by atoms with Crippen LogP contribution in [0.4, 0.5) is 0 Å². The fraction of sp³-hybridized carbons (Fsp3) is 0.318. The molecule has 1 unspecified atom stereocenters. The Morgan fingerprint density at radius 3 is 2.50 bits per heavy atom. The number of nitrogens with zero attached hydrogens (tertiary/aromatic N) is 3. The highest BCUT2D eigenvalue weighted by molar-refractivity contribution is 6.33. The highest BCUT2D eigenvalue weighted by atomic mass is 35.5. The van der Waals surface area contributed by atoms with Crippen molar-refractivity contribution in [2.45, 2.75) is 39.8 Å². The lowest BCUT2D eigenvalue weighted by molar-refractivity contribution is 0.0679. The molecule has 0 radical (unpaired) electrons. The number of carbonyl (C=O) groups excluding carboxylic acids is 1. The molecule has 6 heteroatoms. The number of carbonyl (C=O) groups is 1. The molecule has 0 saturated heterocycles. The molecule has 1 atom stereocenters. The van der Waals surface area contributed by atoms with Crippen molar-refractivity contribution in [2.24, 2.45) is 0 Å². The van der Waals surface area contributed by atoms with E-state index in [0.29, 0.717) is 40.4 Å². The first-order valence-electron chi connectivity index (χ1n) is 9.54. The Morgan fingerprint density at radius 1 is 1.14 bits per heavy atom. The van der Waals surface area contributed by atoms with Gasteiger partial charge in [-0.15, -0.1) is 0 Å². The van der Waals surface area contributed by atoms with Crippen molar-refractivity contribution in [3.8, 4) is 0 Å². The van der Waals surface area contributed by atoms with E-state index >= 15 is 0 Å². The number of benzene rings is 2. The fourth-order valence-corrected chi connectivity index (χ4v) is 3.67. The van der Waals surface area contributed by atoms with Gasteiger partial charge in [-0.3, -0.25) is 14.2 Å². The van der Waals surface area contributed by atoms with Crippen LogP contribution in [0.15, 0.2) is 53.3 Å². The monoisotopic (exact) mass is 397 g/mol. The number of rotatable bonds is 6. The standard InChI is InChI=1S/C22H24ClN3O2/c1-4-14-26(21(27)16-10-6-8-12-18(16)23)15(3)20-24-19-13-9-7-11-17(19)22(28)25(20)5-2/h6-13,15H,4-5,14H2,1-3H3. The predicted octanol–water partition coefficient (Wildman–Crippen LogP) is 4.68. The van der Waals surface area contributed by atoms with Crippen LogP contribution in [0.3, 0.4) is 0 Å². The average Bonchev–Trinajstić information content (AvgIpc) is 2.71. The number of para-hydroxylation sites is 1. The van der Waals surface area contributed by atoms with E-state index in [1.54, 1.807) is 39.8 Å². The first-order chi connectivity index (χ1) is 13.5. The average molecular weight is 398 g/mol. The van der Waals surface area contributed by atoms with Gasteiger partial charge >= 0.3 is 0 Å². The molecule has 3 aromatic rings. The highest BCUT2D eigenvalue weighted by Gasteiger charge is 2.27. The third-order valence-electron chi connectivity index (χ3n) is 4.88. The normalized spacial score (nSPS) is 12.1. The van der Waals surface area contributed by atoms with E-state index in [9.17, 15) is 9.59 Å². The van der Waals surface area contributed by atoms with E-state index in [2.05, 4.69) is 0 Å². The van der Waals surface area contributed by atoms with Gasteiger partial charge in [0.1, 0.15) is 5.82 Å². The number of fused-ring (bicyclic) bond motifs is 1. The zero-order valence-electron chi connectivity index (χ0n) is 16.4. The van der Waals surface area contributed by atoms with Crippen molar-refractivity contribution in [3.05, 3.63) is 75.3 Å². The van der Waals surface area contributed by atoms with Gasteiger partial charge in [0.25, 0.3) is 11.5 Å². The van der Waals surface area contributed by atoms with Crippen LogP contribution in [0.1, 0.15) is 49.4 Å². The maximum absolute atomic E-state index is 13.2. The molecule has 1 amide bonds. The maximum Gasteiger partial charge on any atom is 0.261 e. The molecule has 0 aliphatic heterocycles. The minimum atomic E-state index is -0.374. The van der Waals surface area contributed by atoms with E-state index in [0.717, 1.165) is 6.42 Å². The van der Waals surface area contributed by atoms with Crippen molar-refractivity contribution in [2.75, 3.05) is 6.54 Å². The molecule has 0 N–H and O–H groups in total. The Balaban J connectivity index is 2.12. The minimum Gasteiger partial charge on any atom is -0.329 e. The van der Waals surface area contributed by atoms with Crippen molar-refractivity contribution in [1.29, 1.82) is 0 Å². The molecule has 3 rings (SSSR count). The highest BCUT2D eigenvalue weighted by Crippen LogP contribution is 2.25. The van der Waals surface area contributed by atoms with E-state index in [1.165, 1.54) is 0 Å². The topological polar surface area (TPSA) is 55.2 Å². The van der Waals surface area contributed by atoms with Crippen molar-refractivity contribution in [3.63, 3.8) is 0 Å². The van der Waals surface area contributed by atoms with Crippen LogP contribution in [0.2, 0.25) is 5.02 Å². The Bertz CT molecular complexity index is 1060. The molecule has 5 nitrogen and oxygen atoms in total. The first kappa shape index (κ1) is 20.1. The van der Waals surface area contributed by atoms with Crippen molar-refractivity contribution < 1.29 is 4.79 Å². The molecule has 0 aliphatic carbocycles. The Kier molecular flexibility index (Phi) is 6.15. The summed E-state index contributed by atoms with van der Waals surface area (Å²) in [6.45, 7) is 6.86. The summed E-state index contributed by atoms with van der Waals surface area (Å²) in [5.74, 6) is 0.421. The molecule has 146 valence electrons. The van der Waals surface area contributed by atoms with Gasteiger partial charge in [0, 0.05) is 13.1 Å². The molecule has 28 heavy (non-hydrogen) atoms. The van der Waals surface area contributed by atoms with Crippen LogP contribution < -0.4 is 5.56 Å². The summed E-state index contributed by atoms with van der Waals surface area (Å²) in [4.78, 5) is 32.7. The number of halogens is 1. The summed E-state index contributed by atoms with van der Waals surface area (Å²) >= 11 is 6.26. The predicted molar refractivity (Wildman–Crippen MR) is 113 cm³/mol. The fourth-order valence-electron chi connectivity index (χ4n) is 3.45. The number of aromatic nitrogens is 2. The second kappa shape index (κ2) is 8.57. The maximum atomic E-state index is 13.2. The third-order valence-corrected chi connectivity index (χ3v) is 5.21. The zero-order chi connectivity index (χ0) is 20.3. The van der Waals surface area contributed by atoms with Crippen LogP contribution in [-0.4, -0.2) is 26.9 Å². The molecule has 1 aromatic heterocycles. The van der Waals surface area contributed by atoms with Gasteiger partial charge in [-0.1, -0.05) is 42.8 Å². The lowest BCUT2D eigenvalue weighted by Gasteiger charge is -2.30. The second-order valence-corrected chi connectivity index (χ2v) is 7.10. The van der Waals surface area contributed by atoms with Crippen LogP contribution in [0, 0.1) is 0 Å². The van der Waals surface area contributed by atoms with Gasteiger partial charge in [-0.25, -0.2) is 4.98 Å². The van der Waals surface area contributed by atoms with Crippen LogP contribution in [0.5, 0.6) is 0 Å². The molecule has 0 saturated carbocycles. The van der Waals surface area contributed by atoms with Crippen LogP contribution in [-0.2, 0) is 6.54 Å². The minimum absolute atomic E-state index is 0.0865. The molecule has 2 aromatic carbocycles. The van der Waals surface area contributed by atoms with E-state index in [1.807, 2.05) is 39.0 Å². The zero-order valence-corrected chi connectivity index (χ0v) is 17.1. The van der Waals surface area contributed by atoms with E-state index < -0.39 is 0 Å². The Hall–Kier alpha value is -2.66. The van der Waals surface area contributed by atoms with Gasteiger partial charge in [-0.05, 0) is 44.5 Å². The van der Waals surface area contributed by atoms with E-state index in [-0.39, 0.29) is 17.5 Å². The van der Waals surface area contributed by atoms with Crippen molar-refractivity contribution >= 4 is 28.4 Å². The summed E-state index contributed by atoms with van der Waals surface area (Å²) in [6.07, 6.45) is 0.782. The van der Waals surface area contributed by atoms with Crippen molar-refractivity contribution in [1.82, 2.24) is 14.5 Å². The van der Waals surface area contributed by atoms with Crippen LogP contribution in [0.25, 0.3) is 10.9 Å². The summed E-state index contributed by atoms with van der Waals surface area (Å²) in [7, 11) is 0. The van der Waals surface area contributed by atoms with Gasteiger partial charge in [0.2, 0.25) is 0 Å². The second-order valence-electron chi connectivity index (χ2n) is 6.69. The molecule has 0 fully saturated rings. The number of amides is 1. The van der Waals surface area contributed by atoms with Gasteiger partial charge in [0.05, 0.1) is 27.5 Å². The lowest BCUT2D eigenvalue weighted by Crippen LogP contribution is -2.38. The Labute approximate surface area is 169 Å². The quantitative estimate of drug-likeness (QED) is 0.606. The number of hydrogen-bond acceptors (Lipinski definition) is 3. The Morgan fingerprint density at radius 2 is 1.82 bits per heavy atom. The molecule has 0 spiro atoms. The SMILES string of the molecule is CCCN(C(=O)c1ccccc1Cl)C(C)c1nc2ccccc2c(=O)n1CC. The molecular weight excluding hydrogens is 374 g/mol. The van der Waals surface area contributed by atoms with Gasteiger partial charge < -0.3 is 4.90 Å². The van der Waals surface area contributed by atoms with Crippen LogP contribution >= 0.6 is 11.6 Å².